The molecule has 0 atom stereocenters. The molecular weight excluding hydrogens is 425 g/mol. The fourth-order valence-electron chi connectivity index (χ4n) is 1.64. The summed E-state index contributed by atoms with van der Waals surface area (Å²) in [6, 6.07) is 3.81. The molecule has 0 unspecified atom stereocenters. The number of aliphatic imine (C=N–C) groups is 1. The first-order valence-electron chi connectivity index (χ1n) is 7.65. The highest BCUT2D eigenvalue weighted by atomic mass is 127. The zero-order chi connectivity index (χ0) is 16.6. The predicted octanol–water partition coefficient (Wildman–Crippen LogP) is 2.79. The molecule has 0 spiro atoms. The molecule has 0 bridgehead atoms. The van der Waals surface area contributed by atoms with Gasteiger partial charge in [0.1, 0.15) is 5.15 Å². The summed E-state index contributed by atoms with van der Waals surface area (Å²) in [7, 11) is 4.15. The van der Waals surface area contributed by atoms with E-state index in [0.717, 1.165) is 37.6 Å². The molecule has 1 heterocycles. The number of nitrogens with zero attached hydrogens (tertiary/aromatic N) is 3. The van der Waals surface area contributed by atoms with Crippen LogP contribution in [-0.4, -0.2) is 55.1 Å². The fourth-order valence-corrected chi connectivity index (χ4v) is 1.75. The highest BCUT2D eigenvalue weighted by Gasteiger charge is 2.19. The van der Waals surface area contributed by atoms with Crippen LogP contribution in [0.5, 0.6) is 0 Å². The number of pyridine rings is 1. The van der Waals surface area contributed by atoms with Crippen molar-refractivity contribution >= 4 is 41.5 Å². The third-order valence-corrected chi connectivity index (χ3v) is 3.90. The Kier molecular flexibility index (Phi) is 10.8. The molecule has 0 saturated heterocycles. The van der Waals surface area contributed by atoms with Gasteiger partial charge in [-0.15, -0.1) is 24.0 Å². The van der Waals surface area contributed by atoms with Crippen molar-refractivity contribution < 1.29 is 0 Å². The lowest BCUT2D eigenvalue weighted by Crippen LogP contribution is -2.44. The molecule has 0 radical (unpaired) electrons. The van der Waals surface area contributed by atoms with Gasteiger partial charge in [0.05, 0.1) is 6.54 Å². The van der Waals surface area contributed by atoms with E-state index in [2.05, 4.69) is 60.4 Å². The molecule has 1 rings (SSSR count). The largest absolute Gasteiger partial charge is 0.357 e. The Bertz CT molecular complexity index is 474. The summed E-state index contributed by atoms with van der Waals surface area (Å²) in [5.74, 6) is 0.847. The van der Waals surface area contributed by atoms with Gasteiger partial charge >= 0.3 is 0 Å². The number of rotatable bonds is 7. The van der Waals surface area contributed by atoms with Crippen LogP contribution < -0.4 is 10.6 Å². The van der Waals surface area contributed by atoms with Crippen molar-refractivity contribution in [3.63, 3.8) is 0 Å². The molecule has 7 heteroatoms. The van der Waals surface area contributed by atoms with E-state index < -0.39 is 0 Å². The van der Waals surface area contributed by atoms with Crippen molar-refractivity contribution in [2.75, 3.05) is 33.7 Å². The van der Waals surface area contributed by atoms with Crippen LogP contribution >= 0.6 is 35.6 Å². The van der Waals surface area contributed by atoms with Crippen LogP contribution in [0.3, 0.4) is 0 Å². The van der Waals surface area contributed by atoms with Gasteiger partial charge in [-0.1, -0.05) is 17.7 Å². The summed E-state index contributed by atoms with van der Waals surface area (Å²) in [5, 5.41) is 7.15. The molecule has 0 amide bonds. The molecule has 0 fully saturated rings. The molecule has 1 aromatic rings. The molecule has 132 valence electrons. The number of hydrogen-bond acceptors (Lipinski definition) is 3. The summed E-state index contributed by atoms with van der Waals surface area (Å²) in [6.45, 7) is 8.81. The van der Waals surface area contributed by atoms with Crippen molar-refractivity contribution in [3.8, 4) is 0 Å². The molecule has 0 aromatic carbocycles. The van der Waals surface area contributed by atoms with Crippen molar-refractivity contribution in [1.82, 2.24) is 20.5 Å². The molecule has 0 aliphatic rings. The zero-order valence-corrected chi connectivity index (χ0v) is 17.8. The van der Waals surface area contributed by atoms with Gasteiger partial charge in [0, 0.05) is 24.8 Å². The number of halogens is 2. The Labute approximate surface area is 162 Å². The predicted molar refractivity (Wildman–Crippen MR) is 110 cm³/mol. The van der Waals surface area contributed by atoms with Crippen molar-refractivity contribution in [1.29, 1.82) is 0 Å². The third kappa shape index (κ3) is 8.72. The monoisotopic (exact) mass is 453 g/mol. The maximum atomic E-state index is 5.79. The minimum Gasteiger partial charge on any atom is -0.357 e. The Hall–Kier alpha value is -0.600. The van der Waals surface area contributed by atoms with Gasteiger partial charge in [-0.05, 0) is 52.9 Å². The second-order valence-corrected chi connectivity index (χ2v) is 6.46. The molecule has 0 saturated carbocycles. The van der Waals surface area contributed by atoms with Gasteiger partial charge in [0.2, 0.25) is 0 Å². The van der Waals surface area contributed by atoms with Crippen LogP contribution in [0.4, 0.5) is 0 Å². The smallest absolute Gasteiger partial charge is 0.191 e. The number of hydrogen-bond donors (Lipinski definition) is 2. The lowest BCUT2D eigenvalue weighted by Gasteiger charge is -2.31. The highest BCUT2D eigenvalue weighted by Crippen LogP contribution is 2.09. The summed E-state index contributed by atoms with van der Waals surface area (Å²) in [4.78, 5) is 10.9. The van der Waals surface area contributed by atoms with Gasteiger partial charge in [-0.25, -0.2) is 4.98 Å². The molecule has 5 nitrogen and oxygen atoms in total. The summed E-state index contributed by atoms with van der Waals surface area (Å²) < 4.78 is 0. The van der Waals surface area contributed by atoms with Gasteiger partial charge in [-0.2, -0.15) is 0 Å². The lowest BCUT2D eigenvalue weighted by molar-refractivity contribution is 0.204. The van der Waals surface area contributed by atoms with Crippen LogP contribution in [0.1, 0.15) is 26.3 Å². The maximum Gasteiger partial charge on any atom is 0.191 e. The summed E-state index contributed by atoms with van der Waals surface area (Å²) in [6.07, 6.45) is 2.69. The van der Waals surface area contributed by atoms with Crippen LogP contribution in [0.25, 0.3) is 0 Å². The minimum absolute atomic E-state index is 0. The number of nitrogens with one attached hydrogen (secondary N) is 2. The Morgan fingerprint density at radius 1 is 1.30 bits per heavy atom. The van der Waals surface area contributed by atoms with Crippen molar-refractivity contribution in [2.24, 2.45) is 4.99 Å². The van der Waals surface area contributed by atoms with E-state index in [1.165, 1.54) is 0 Å². The quantitative estimate of drug-likeness (QED) is 0.288. The normalized spacial score (nSPS) is 12.0. The average Bonchev–Trinajstić information content (AvgIpc) is 2.46. The average molecular weight is 454 g/mol. The van der Waals surface area contributed by atoms with Gasteiger partial charge in [0.25, 0.3) is 0 Å². The van der Waals surface area contributed by atoms with Crippen LogP contribution in [0.2, 0.25) is 5.15 Å². The van der Waals surface area contributed by atoms with Crippen LogP contribution in [0, 0.1) is 0 Å². The lowest BCUT2D eigenvalue weighted by atomic mass is 10.1. The maximum absolute atomic E-state index is 5.79. The van der Waals surface area contributed by atoms with E-state index >= 15 is 0 Å². The van der Waals surface area contributed by atoms with Crippen molar-refractivity contribution in [3.05, 3.63) is 29.0 Å². The number of aromatic nitrogens is 1. The van der Waals surface area contributed by atoms with Crippen LogP contribution in [-0.2, 0) is 6.42 Å². The van der Waals surface area contributed by atoms with E-state index in [0.29, 0.717) is 5.15 Å². The second kappa shape index (κ2) is 11.0. The first kappa shape index (κ1) is 22.4. The fraction of sp³-hybridized carbons (Fsp3) is 0.625. The van der Waals surface area contributed by atoms with Gasteiger partial charge in [0.15, 0.2) is 5.96 Å². The Morgan fingerprint density at radius 3 is 2.52 bits per heavy atom. The molecule has 1 aromatic heterocycles. The Balaban J connectivity index is 0.00000484. The first-order chi connectivity index (χ1) is 10.3. The molecular formula is C16H29ClIN5. The molecule has 0 aliphatic heterocycles. The van der Waals surface area contributed by atoms with E-state index in [-0.39, 0.29) is 29.5 Å². The van der Waals surface area contributed by atoms with E-state index in [1.807, 2.05) is 18.3 Å². The summed E-state index contributed by atoms with van der Waals surface area (Å²) in [5.41, 5.74) is 1.18. The molecule has 0 aliphatic carbocycles. The van der Waals surface area contributed by atoms with Crippen molar-refractivity contribution in [2.45, 2.75) is 32.7 Å². The van der Waals surface area contributed by atoms with E-state index in [4.69, 9.17) is 11.6 Å². The number of likely N-dealkylation sites (N-methyl/N-ethyl adjacent to an activating group) is 1. The number of guanidine groups is 1. The minimum atomic E-state index is 0. The van der Waals surface area contributed by atoms with E-state index in [9.17, 15) is 0 Å². The standard InChI is InChI=1S/C16H28ClN5.HI/c1-6-18-15(21-12-16(2,3)22(4)5)19-10-9-13-7-8-14(17)20-11-13;/h7-8,11H,6,9-10,12H2,1-5H3,(H2,18,19,21);1H. The zero-order valence-electron chi connectivity index (χ0n) is 14.7. The first-order valence-corrected chi connectivity index (χ1v) is 8.03. The van der Waals surface area contributed by atoms with E-state index in [1.54, 1.807) is 0 Å². The van der Waals surface area contributed by atoms with Gasteiger partial charge in [-0.3, -0.25) is 4.99 Å². The topological polar surface area (TPSA) is 52.6 Å². The van der Waals surface area contributed by atoms with Crippen LogP contribution in [0.15, 0.2) is 23.3 Å². The van der Waals surface area contributed by atoms with Gasteiger partial charge < -0.3 is 15.5 Å². The highest BCUT2D eigenvalue weighted by molar-refractivity contribution is 14.0. The molecule has 2 N–H and O–H groups in total. The third-order valence-electron chi connectivity index (χ3n) is 3.67. The molecule has 23 heavy (non-hydrogen) atoms. The summed E-state index contributed by atoms with van der Waals surface area (Å²) >= 11 is 5.79. The Morgan fingerprint density at radius 2 is 2.00 bits per heavy atom. The second-order valence-electron chi connectivity index (χ2n) is 6.07. The SMILES string of the molecule is CCNC(=NCC(C)(C)N(C)C)NCCc1ccc(Cl)nc1.I.